The molecular formula is C25H21F2N3O5S. The van der Waals surface area contributed by atoms with Crippen molar-refractivity contribution in [1.82, 2.24) is 10.3 Å². The van der Waals surface area contributed by atoms with Crippen molar-refractivity contribution in [1.29, 1.82) is 0 Å². The highest BCUT2D eigenvalue weighted by atomic mass is 32.1. The lowest BCUT2D eigenvalue weighted by Crippen LogP contribution is -2.25. The molecule has 1 saturated carbocycles. The molecule has 1 heterocycles. The van der Waals surface area contributed by atoms with Crippen LogP contribution in [0.15, 0.2) is 54.6 Å². The lowest BCUT2D eigenvalue weighted by molar-refractivity contribution is 0.0947. The molecule has 0 saturated heterocycles. The zero-order valence-electron chi connectivity index (χ0n) is 18.9. The molecule has 1 aromatic heterocycles. The summed E-state index contributed by atoms with van der Waals surface area (Å²) in [5.41, 5.74) is 2.74. The van der Waals surface area contributed by atoms with Gasteiger partial charge in [-0.05, 0) is 66.4 Å². The first-order chi connectivity index (χ1) is 17.2. The van der Waals surface area contributed by atoms with Gasteiger partial charge >= 0.3 is 6.16 Å². The number of ether oxygens (including phenoxy) is 1. The van der Waals surface area contributed by atoms with Gasteiger partial charge in [0.1, 0.15) is 17.4 Å². The molecule has 1 fully saturated rings. The van der Waals surface area contributed by atoms with E-state index in [0.29, 0.717) is 32.2 Å². The van der Waals surface area contributed by atoms with Gasteiger partial charge in [-0.1, -0.05) is 23.5 Å². The minimum absolute atomic E-state index is 0.169. The highest BCUT2D eigenvalue weighted by Crippen LogP contribution is 2.33. The highest BCUT2D eigenvalue weighted by molar-refractivity contribution is 7.22. The number of hydrogen-bond acceptors (Lipinski definition) is 6. The highest BCUT2D eigenvalue weighted by Gasteiger charge is 2.25. The zero-order valence-corrected chi connectivity index (χ0v) is 19.7. The molecule has 0 spiro atoms. The van der Waals surface area contributed by atoms with Crippen LogP contribution in [0.1, 0.15) is 23.2 Å². The molecular weight excluding hydrogens is 492 g/mol. The molecule has 1 amide bonds. The summed E-state index contributed by atoms with van der Waals surface area (Å²) < 4.78 is 34.3. The molecule has 186 valence electrons. The summed E-state index contributed by atoms with van der Waals surface area (Å²) in [6.07, 6.45) is 0.166. The molecule has 4 aromatic rings. The van der Waals surface area contributed by atoms with Crippen molar-refractivity contribution in [2.45, 2.75) is 18.9 Å². The monoisotopic (exact) mass is 513 g/mol. The van der Waals surface area contributed by atoms with Crippen LogP contribution in [0, 0.1) is 11.6 Å². The van der Waals surface area contributed by atoms with E-state index in [4.69, 9.17) is 19.7 Å². The average molecular weight is 514 g/mol. The summed E-state index contributed by atoms with van der Waals surface area (Å²) in [6.45, 7) is 0. The number of anilines is 2. The normalized spacial score (nSPS) is 12.4. The van der Waals surface area contributed by atoms with E-state index in [9.17, 15) is 13.6 Å². The van der Waals surface area contributed by atoms with Crippen molar-refractivity contribution in [3.05, 3.63) is 71.8 Å². The maximum Gasteiger partial charge on any atom is 0.503 e. The fraction of sp³-hybridized carbons (Fsp3) is 0.160. The van der Waals surface area contributed by atoms with Gasteiger partial charge in [0, 0.05) is 6.04 Å². The maximum atomic E-state index is 14.8. The number of nitrogens with zero attached hydrogens (tertiary/aromatic N) is 1. The first-order valence-corrected chi connectivity index (χ1v) is 11.6. The number of amides is 1. The minimum atomic E-state index is -1.83. The number of benzene rings is 3. The van der Waals surface area contributed by atoms with Crippen molar-refractivity contribution in [3.8, 4) is 16.9 Å². The maximum absolute atomic E-state index is 14.8. The molecule has 1 aliphatic rings. The van der Waals surface area contributed by atoms with Crippen LogP contribution >= 0.6 is 11.3 Å². The number of thiazole rings is 1. The largest absolute Gasteiger partial charge is 0.503 e. The second-order valence-corrected chi connectivity index (χ2v) is 8.93. The molecule has 8 nitrogen and oxygen atoms in total. The van der Waals surface area contributed by atoms with Crippen LogP contribution in [0.3, 0.4) is 0 Å². The van der Waals surface area contributed by atoms with Crippen LogP contribution in [0.2, 0.25) is 0 Å². The van der Waals surface area contributed by atoms with Crippen LogP contribution in [0.5, 0.6) is 5.75 Å². The number of carbonyl (C=O) groups is 2. The summed E-state index contributed by atoms with van der Waals surface area (Å²) in [6, 6.07) is 14.6. The number of nitrogens with one attached hydrogen (secondary N) is 2. The summed E-state index contributed by atoms with van der Waals surface area (Å²) in [5, 5.41) is 20.3. The number of rotatable bonds is 6. The van der Waals surface area contributed by atoms with Gasteiger partial charge in [0.15, 0.2) is 5.13 Å². The van der Waals surface area contributed by atoms with Crippen molar-refractivity contribution < 1.29 is 33.3 Å². The fourth-order valence-electron chi connectivity index (χ4n) is 3.41. The predicted molar refractivity (Wildman–Crippen MR) is 132 cm³/mol. The first kappa shape index (κ1) is 24.9. The third-order valence-corrected chi connectivity index (χ3v) is 6.19. The summed E-state index contributed by atoms with van der Waals surface area (Å²) in [4.78, 5) is 25.3. The Kier molecular flexibility index (Phi) is 7.30. The van der Waals surface area contributed by atoms with E-state index < -0.39 is 12.0 Å². The predicted octanol–water partition coefficient (Wildman–Crippen LogP) is 6.11. The Labute approximate surface area is 208 Å². The summed E-state index contributed by atoms with van der Waals surface area (Å²) in [7, 11) is 1.50. The van der Waals surface area contributed by atoms with Crippen LogP contribution in [0.25, 0.3) is 21.3 Å². The summed E-state index contributed by atoms with van der Waals surface area (Å²) in [5.74, 6) is -0.528. The number of hydrogen-bond donors (Lipinski definition) is 4. The number of carboxylic acid groups (broad SMARTS) is 2. The van der Waals surface area contributed by atoms with Gasteiger partial charge in [0.2, 0.25) is 0 Å². The van der Waals surface area contributed by atoms with E-state index in [2.05, 4.69) is 15.6 Å². The van der Waals surface area contributed by atoms with E-state index in [1.165, 1.54) is 36.6 Å². The number of halogens is 2. The zero-order chi connectivity index (χ0) is 25.8. The molecule has 0 bridgehead atoms. The molecule has 0 aliphatic heterocycles. The Bertz CT molecular complexity index is 1430. The van der Waals surface area contributed by atoms with Gasteiger partial charge in [-0.25, -0.2) is 18.6 Å². The fourth-order valence-corrected chi connectivity index (χ4v) is 4.32. The summed E-state index contributed by atoms with van der Waals surface area (Å²) >= 11 is 1.25. The number of fused-ring (bicyclic) bond motifs is 1. The second kappa shape index (κ2) is 10.6. The van der Waals surface area contributed by atoms with Crippen molar-refractivity contribution >= 4 is 44.4 Å². The van der Waals surface area contributed by atoms with Crippen LogP contribution in [-0.2, 0) is 0 Å². The van der Waals surface area contributed by atoms with E-state index in [1.54, 1.807) is 36.4 Å². The molecule has 3 aromatic carbocycles. The number of carbonyl (C=O) groups excluding carboxylic acids is 1. The van der Waals surface area contributed by atoms with Gasteiger partial charge < -0.3 is 25.6 Å². The molecule has 0 radical (unpaired) electrons. The average Bonchev–Trinajstić information content (AvgIpc) is 3.56. The van der Waals surface area contributed by atoms with Crippen LogP contribution in [0.4, 0.5) is 24.4 Å². The van der Waals surface area contributed by atoms with E-state index in [0.717, 1.165) is 18.4 Å². The topological polar surface area (TPSA) is 121 Å². The van der Waals surface area contributed by atoms with E-state index in [-0.39, 0.29) is 23.5 Å². The SMILES string of the molecule is COc1cc(-c2ccc(Nc3nc4ccc(F)cc4s3)c(F)c2)ccc1C(=O)NC1CC1.O=C(O)O. The van der Waals surface area contributed by atoms with Gasteiger partial charge in [0.25, 0.3) is 5.91 Å². The Morgan fingerprint density at radius 3 is 2.39 bits per heavy atom. The molecule has 36 heavy (non-hydrogen) atoms. The van der Waals surface area contributed by atoms with Crippen molar-refractivity contribution in [2.24, 2.45) is 0 Å². The molecule has 11 heteroatoms. The number of aromatic nitrogens is 1. The number of methoxy groups -OCH3 is 1. The Hall–Kier alpha value is -4.25. The van der Waals surface area contributed by atoms with Crippen molar-refractivity contribution in [2.75, 3.05) is 12.4 Å². The first-order valence-electron chi connectivity index (χ1n) is 10.8. The third-order valence-electron chi connectivity index (χ3n) is 5.25. The Morgan fingerprint density at radius 1 is 1.03 bits per heavy atom. The van der Waals surface area contributed by atoms with Gasteiger partial charge in [-0.2, -0.15) is 0 Å². The second-order valence-electron chi connectivity index (χ2n) is 7.90. The van der Waals surface area contributed by atoms with Crippen LogP contribution in [-0.4, -0.2) is 40.4 Å². The molecule has 0 unspecified atom stereocenters. The van der Waals surface area contributed by atoms with Crippen molar-refractivity contribution in [3.63, 3.8) is 0 Å². The molecule has 0 atom stereocenters. The van der Waals surface area contributed by atoms with Crippen LogP contribution < -0.4 is 15.4 Å². The minimum Gasteiger partial charge on any atom is -0.496 e. The Morgan fingerprint density at radius 2 is 1.72 bits per heavy atom. The van der Waals surface area contributed by atoms with Gasteiger partial charge in [0.05, 0.1) is 28.6 Å². The lowest BCUT2D eigenvalue weighted by Gasteiger charge is -2.12. The quantitative estimate of drug-likeness (QED) is 0.246. The Balaban J connectivity index is 0.000000709. The van der Waals surface area contributed by atoms with E-state index >= 15 is 0 Å². The lowest BCUT2D eigenvalue weighted by atomic mass is 10.0. The standard InChI is InChI=1S/C24H19F2N3O2S.CH2O3/c1-31-21-11-14(2-7-17(21)23(30)27-16-5-6-16)13-3-8-19(18(26)10-13)28-24-29-20-9-4-15(25)12-22(20)32-24;2-1(3)4/h2-4,7-12,16H,5-6H2,1H3,(H,27,30)(H,28,29);(H2,2,3,4). The van der Waals surface area contributed by atoms with Gasteiger partial charge in [-0.3, -0.25) is 4.79 Å². The molecule has 1 aliphatic carbocycles. The smallest absolute Gasteiger partial charge is 0.496 e. The molecule has 4 N–H and O–H groups in total. The molecule has 5 rings (SSSR count). The third kappa shape index (κ3) is 6.05. The van der Waals surface area contributed by atoms with E-state index in [1.807, 2.05) is 0 Å². The van der Waals surface area contributed by atoms with Gasteiger partial charge in [-0.15, -0.1) is 0 Å².